The van der Waals surface area contributed by atoms with Crippen molar-refractivity contribution in [2.75, 3.05) is 5.32 Å². The lowest BCUT2D eigenvalue weighted by Gasteiger charge is -2.05. The Hall–Kier alpha value is -2.69. The van der Waals surface area contributed by atoms with Gasteiger partial charge in [0, 0.05) is 18.7 Å². The van der Waals surface area contributed by atoms with Gasteiger partial charge >= 0.3 is 5.97 Å². The van der Waals surface area contributed by atoms with E-state index in [9.17, 15) is 9.59 Å². The first-order valence-electron chi connectivity index (χ1n) is 5.65. The van der Waals surface area contributed by atoms with E-state index in [1.54, 1.807) is 48.8 Å². The Labute approximate surface area is 110 Å². The average molecular weight is 256 g/mol. The van der Waals surface area contributed by atoms with Crippen molar-refractivity contribution in [3.8, 4) is 5.75 Å². The number of aromatic nitrogens is 1. The molecule has 0 aliphatic heterocycles. The number of benzene rings is 1. The first kappa shape index (κ1) is 12.8. The SMILES string of the molecule is CC(=O)Oc1ccc(C(=O)Nc2cccnc2)cc1. The minimum atomic E-state index is -0.396. The van der Waals surface area contributed by atoms with Crippen molar-refractivity contribution >= 4 is 17.6 Å². The van der Waals surface area contributed by atoms with E-state index in [-0.39, 0.29) is 5.91 Å². The smallest absolute Gasteiger partial charge is 0.308 e. The third-order valence-corrected chi connectivity index (χ3v) is 2.30. The second-order valence-electron chi connectivity index (χ2n) is 3.81. The first-order chi connectivity index (χ1) is 9.15. The maximum absolute atomic E-state index is 11.9. The Morgan fingerprint density at radius 2 is 1.89 bits per heavy atom. The summed E-state index contributed by atoms with van der Waals surface area (Å²) < 4.78 is 4.89. The number of carbonyl (C=O) groups is 2. The highest BCUT2D eigenvalue weighted by Gasteiger charge is 2.06. The van der Waals surface area contributed by atoms with Crippen LogP contribution in [0.2, 0.25) is 0 Å². The van der Waals surface area contributed by atoms with Gasteiger partial charge < -0.3 is 10.1 Å². The van der Waals surface area contributed by atoms with Crippen LogP contribution in [0.15, 0.2) is 48.8 Å². The number of rotatable bonds is 3. The molecule has 1 N–H and O–H groups in total. The van der Waals surface area contributed by atoms with E-state index in [4.69, 9.17) is 4.74 Å². The van der Waals surface area contributed by atoms with Crippen LogP contribution in [-0.2, 0) is 4.79 Å². The minimum Gasteiger partial charge on any atom is -0.427 e. The Balaban J connectivity index is 2.05. The maximum Gasteiger partial charge on any atom is 0.308 e. The third-order valence-electron chi connectivity index (χ3n) is 2.30. The van der Waals surface area contributed by atoms with Crippen molar-refractivity contribution in [2.24, 2.45) is 0 Å². The van der Waals surface area contributed by atoms with Crippen molar-refractivity contribution in [3.05, 3.63) is 54.4 Å². The van der Waals surface area contributed by atoms with Crippen LogP contribution in [0.4, 0.5) is 5.69 Å². The lowest BCUT2D eigenvalue weighted by molar-refractivity contribution is -0.131. The molecule has 0 saturated carbocycles. The summed E-state index contributed by atoms with van der Waals surface area (Å²) in [6.45, 7) is 1.32. The summed E-state index contributed by atoms with van der Waals surface area (Å²) in [7, 11) is 0. The largest absolute Gasteiger partial charge is 0.427 e. The maximum atomic E-state index is 11.9. The molecule has 5 heteroatoms. The molecule has 2 rings (SSSR count). The standard InChI is InChI=1S/C14H12N2O3/c1-10(17)19-13-6-4-11(5-7-13)14(18)16-12-3-2-8-15-9-12/h2-9H,1H3,(H,16,18). The number of anilines is 1. The highest BCUT2D eigenvalue weighted by molar-refractivity contribution is 6.04. The van der Waals surface area contributed by atoms with Crippen LogP contribution in [0.3, 0.4) is 0 Å². The highest BCUT2D eigenvalue weighted by Crippen LogP contribution is 2.14. The predicted octanol–water partition coefficient (Wildman–Crippen LogP) is 2.26. The summed E-state index contributed by atoms with van der Waals surface area (Å²) in [5.74, 6) is -0.236. The van der Waals surface area contributed by atoms with Gasteiger partial charge in [-0.05, 0) is 36.4 Å². The lowest BCUT2D eigenvalue weighted by Crippen LogP contribution is -2.12. The average Bonchev–Trinajstić information content (AvgIpc) is 2.40. The summed E-state index contributed by atoms with van der Waals surface area (Å²) >= 11 is 0. The van der Waals surface area contributed by atoms with E-state index in [1.807, 2.05) is 0 Å². The van der Waals surface area contributed by atoms with Crippen LogP contribution < -0.4 is 10.1 Å². The Morgan fingerprint density at radius 3 is 2.47 bits per heavy atom. The second kappa shape index (κ2) is 5.77. The van der Waals surface area contributed by atoms with Crippen LogP contribution in [0.25, 0.3) is 0 Å². The molecule has 0 bridgehead atoms. The van der Waals surface area contributed by atoms with E-state index in [0.29, 0.717) is 17.0 Å². The molecule has 0 atom stereocenters. The molecule has 0 spiro atoms. The first-order valence-corrected chi connectivity index (χ1v) is 5.65. The van der Waals surface area contributed by atoms with Crippen molar-refractivity contribution in [1.29, 1.82) is 0 Å². The van der Waals surface area contributed by atoms with Gasteiger partial charge in [-0.25, -0.2) is 0 Å². The molecule has 19 heavy (non-hydrogen) atoms. The van der Waals surface area contributed by atoms with E-state index in [1.165, 1.54) is 6.92 Å². The topological polar surface area (TPSA) is 68.3 Å². The quantitative estimate of drug-likeness (QED) is 0.675. The van der Waals surface area contributed by atoms with Gasteiger partial charge in [0.05, 0.1) is 11.9 Å². The zero-order valence-electron chi connectivity index (χ0n) is 10.3. The molecule has 5 nitrogen and oxygen atoms in total. The Bertz CT molecular complexity index is 579. The zero-order chi connectivity index (χ0) is 13.7. The molecule has 0 unspecified atom stereocenters. The second-order valence-corrected chi connectivity index (χ2v) is 3.81. The number of esters is 1. The number of hydrogen-bond donors (Lipinski definition) is 1. The monoisotopic (exact) mass is 256 g/mol. The van der Waals surface area contributed by atoms with Gasteiger partial charge in [-0.3, -0.25) is 14.6 Å². The molecule has 0 radical (unpaired) electrons. The number of hydrogen-bond acceptors (Lipinski definition) is 4. The summed E-state index contributed by atoms with van der Waals surface area (Å²) in [6.07, 6.45) is 3.19. The Morgan fingerprint density at radius 1 is 1.16 bits per heavy atom. The van der Waals surface area contributed by atoms with Gasteiger partial charge in [0.15, 0.2) is 0 Å². The highest BCUT2D eigenvalue weighted by atomic mass is 16.5. The number of amides is 1. The number of ether oxygens (including phenoxy) is 1. The van der Waals surface area contributed by atoms with Gasteiger partial charge in [0.1, 0.15) is 5.75 Å². The molecule has 0 saturated heterocycles. The van der Waals surface area contributed by atoms with Gasteiger partial charge in [0.2, 0.25) is 0 Å². The molecular formula is C14H12N2O3. The fraction of sp³-hybridized carbons (Fsp3) is 0.0714. The summed E-state index contributed by atoms with van der Waals surface area (Å²) in [5, 5.41) is 2.71. The van der Waals surface area contributed by atoms with E-state index in [0.717, 1.165) is 0 Å². The third kappa shape index (κ3) is 3.64. The van der Waals surface area contributed by atoms with Crippen LogP contribution in [-0.4, -0.2) is 16.9 Å². The number of pyridine rings is 1. The fourth-order valence-corrected chi connectivity index (χ4v) is 1.48. The molecule has 1 heterocycles. The number of nitrogens with one attached hydrogen (secondary N) is 1. The van der Waals surface area contributed by atoms with Crippen LogP contribution >= 0.6 is 0 Å². The minimum absolute atomic E-state index is 0.248. The lowest BCUT2D eigenvalue weighted by atomic mass is 10.2. The van der Waals surface area contributed by atoms with Gasteiger partial charge in [-0.15, -0.1) is 0 Å². The van der Waals surface area contributed by atoms with E-state index in [2.05, 4.69) is 10.3 Å². The summed E-state index contributed by atoms with van der Waals surface area (Å²) in [5.41, 5.74) is 1.09. The zero-order valence-corrected chi connectivity index (χ0v) is 10.3. The van der Waals surface area contributed by atoms with Gasteiger partial charge in [-0.2, -0.15) is 0 Å². The molecule has 1 aromatic heterocycles. The number of nitrogens with zero attached hydrogens (tertiary/aromatic N) is 1. The van der Waals surface area contributed by atoms with Crippen LogP contribution in [0.1, 0.15) is 17.3 Å². The van der Waals surface area contributed by atoms with Crippen molar-refractivity contribution in [1.82, 2.24) is 4.98 Å². The molecule has 2 aromatic rings. The fourth-order valence-electron chi connectivity index (χ4n) is 1.48. The van der Waals surface area contributed by atoms with Crippen LogP contribution in [0.5, 0.6) is 5.75 Å². The van der Waals surface area contributed by atoms with Crippen molar-refractivity contribution in [3.63, 3.8) is 0 Å². The molecule has 1 aromatic carbocycles. The summed E-state index contributed by atoms with van der Waals surface area (Å²) in [6, 6.07) is 9.80. The molecule has 0 aliphatic carbocycles. The van der Waals surface area contributed by atoms with Crippen LogP contribution in [0, 0.1) is 0 Å². The molecule has 1 amide bonds. The van der Waals surface area contributed by atoms with E-state index < -0.39 is 5.97 Å². The molecule has 0 fully saturated rings. The molecule has 0 aliphatic rings. The Kier molecular flexibility index (Phi) is 3.87. The van der Waals surface area contributed by atoms with Crippen molar-refractivity contribution in [2.45, 2.75) is 6.92 Å². The predicted molar refractivity (Wildman–Crippen MR) is 69.9 cm³/mol. The normalized spacial score (nSPS) is 9.74. The van der Waals surface area contributed by atoms with E-state index >= 15 is 0 Å². The van der Waals surface area contributed by atoms with Gasteiger partial charge in [0.25, 0.3) is 5.91 Å². The molecular weight excluding hydrogens is 244 g/mol. The van der Waals surface area contributed by atoms with Crippen molar-refractivity contribution < 1.29 is 14.3 Å². The summed E-state index contributed by atoms with van der Waals surface area (Å²) in [4.78, 5) is 26.6. The number of carbonyl (C=O) groups excluding carboxylic acids is 2. The molecule has 96 valence electrons. The van der Waals surface area contributed by atoms with Gasteiger partial charge in [-0.1, -0.05) is 0 Å².